The molecule has 1 N–H and O–H groups in total. The molecule has 1 amide bonds. The number of nitriles is 1. The lowest BCUT2D eigenvalue weighted by molar-refractivity contribution is -0.117. The van der Waals surface area contributed by atoms with E-state index in [-0.39, 0.29) is 23.1 Å². The molecule has 2 aromatic heterocycles. The lowest BCUT2D eigenvalue weighted by Crippen LogP contribution is -2.33. The van der Waals surface area contributed by atoms with Gasteiger partial charge in [0, 0.05) is 12.2 Å². The number of nitrogens with zero attached hydrogens (tertiary/aromatic N) is 3. The van der Waals surface area contributed by atoms with Crippen molar-refractivity contribution in [2.45, 2.75) is 52.5 Å². The number of nitrogens with one attached hydrogen (secondary N) is 1. The number of hydrogen-bond donors (Lipinski definition) is 1. The molecule has 1 aliphatic rings. The van der Waals surface area contributed by atoms with Gasteiger partial charge in [0.05, 0.1) is 0 Å². The Hall–Kier alpha value is -3.92. The Bertz CT molecular complexity index is 1340. The lowest BCUT2D eigenvalue weighted by Gasteiger charge is -2.13. The number of carbonyl (C=O) groups is 1. The van der Waals surface area contributed by atoms with Gasteiger partial charge >= 0.3 is 0 Å². The molecule has 33 heavy (non-hydrogen) atoms. The summed E-state index contributed by atoms with van der Waals surface area (Å²) in [5.74, 6) is 0.0945. The van der Waals surface area contributed by atoms with E-state index in [2.05, 4.69) is 10.3 Å². The van der Waals surface area contributed by atoms with E-state index in [0.717, 1.165) is 42.4 Å². The predicted octanol–water partition coefficient (Wildman–Crippen LogP) is 4.38. The quantitative estimate of drug-likeness (QED) is 0.467. The number of carbonyl (C=O) groups excluding carboxylic acids is 1. The first-order valence-corrected chi connectivity index (χ1v) is 11.1. The number of rotatable bonds is 5. The minimum Gasteiger partial charge on any atom is -0.438 e. The first-order valence-electron chi connectivity index (χ1n) is 11.1. The van der Waals surface area contributed by atoms with E-state index in [4.69, 9.17) is 4.74 Å². The molecule has 7 nitrogen and oxygen atoms in total. The van der Waals surface area contributed by atoms with Crippen LogP contribution in [0.3, 0.4) is 0 Å². The molecule has 0 radical (unpaired) electrons. The summed E-state index contributed by atoms with van der Waals surface area (Å²) in [6.45, 7) is 5.76. The number of aryl methyl sites for hydroxylation is 3. The maximum atomic E-state index is 13.4. The van der Waals surface area contributed by atoms with Crippen LogP contribution >= 0.6 is 0 Å². The van der Waals surface area contributed by atoms with E-state index in [1.165, 1.54) is 10.5 Å². The Morgan fingerprint density at radius 1 is 1.21 bits per heavy atom. The molecule has 3 aromatic rings. The average Bonchev–Trinajstić information content (AvgIpc) is 3.26. The van der Waals surface area contributed by atoms with Crippen molar-refractivity contribution in [1.29, 1.82) is 5.26 Å². The highest BCUT2D eigenvalue weighted by Gasteiger charge is 2.21. The van der Waals surface area contributed by atoms with E-state index in [9.17, 15) is 14.9 Å². The molecule has 168 valence electrons. The van der Waals surface area contributed by atoms with E-state index >= 15 is 0 Å². The van der Waals surface area contributed by atoms with Crippen molar-refractivity contribution in [3.8, 4) is 17.7 Å². The minimum absolute atomic E-state index is 0.0513. The van der Waals surface area contributed by atoms with Crippen LogP contribution in [0.4, 0.5) is 0 Å². The average molecular weight is 443 g/mol. The van der Waals surface area contributed by atoms with Crippen molar-refractivity contribution in [2.75, 3.05) is 0 Å². The number of pyridine rings is 1. The molecule has 4 rings (SSSR count). The molecule has 2 heterocycles. The standard InChI is InChI=1S/C26H26N4O3/c1-16-11-17(2)13-21(12-16)33-25-22(26(32)30-10-6-7-18(3)23(30)29-25)14-19(15-27)24(31)28-20-8-4-5-9-20/h6-7,10-14,20H,4-5,8-9H2,1-3H3,(H,28,31)/b19-14+. The summed E-state index contributed by atoms with van der Waals surface area (Å²) in [5.41, 5.74) is 2.75. The molecule has 0 bridgehead atoms. The maximum absolute atomic E-state index is 13.4. The minimum atomic E-state index is -0.490. The zero-order chi connectivity index (χ0) is 23.5. The van der Waals surface area contributed by atoms with Crippen molar-refractivity contribution in [1.82, 2.24) is 14.7 Å². The molecule has 1 fully saturated rings. The molecule has 1 saturated carbocycles. The fourth-order valence-corrected chi connectivity index (χ4v) is 4.22. The van der Waals surface area contributed by atoms with Gasteiger partial charge in [-0.3, -0.25) is 14.0 Å². The van der Waals surface area contributed by atoms with Crippen molar-refractivity contribution >= 4 is 17.6 Å². The second-order valence-electron chi connectivity index (χ2n) is 8.57. The first kappa shape index (κ1) is 22.3. The van der Waals surface area contributed by atoms with E-state index < -0.39 is 11.5 Å². The monoisotopic (exact) mass is 442 g/mol. The lowest BCUT2D eigenvalue weighted by atomic mass is 10.1. The zero-order valence-corrected chi connectivity index (χ0v) is 19.0. The van der Waals surface area contributed by atoms with Crippen LogP contribution in [0.15, 0.2) is 46.9 Å². The normalized spacial score (nSPS) is 14.3. The molecule has 0 spiro atoms. The molecular weight excluding hydrogens is 416 g/mol. The van der Waals surface area contributed by atoms with Crippen LogP contribution in [-0.2, 0) is 4.79 Å². The smallest absolute Gasteiger partial charge is 0.269 e. The molecule has 7 heteroatoms. The van der Waals surface area contributed by atoms with Crippen LogP contribution in [0, 0.1) is 32.1 Å². The Labute approximate surface area is 192 Å². The molecule has 1 aromatic carbocycles. The molecule has 0 aliphatic heterocycles. The molecule has 0 unspecified atom stereocenters. The predicted molar refractivity (Wildman–Crippen MR) is 126 cm³/mol. The third kappa shape index (κ3) is 4.80. The largest absolute Gasteiger partial charge is 0.438 e. The molecule has 0 saturated heterocycles. The van der Waals surface area contributed by atoms with Crippen LogP contribution in [0.1, 0.15) is 47.9 Å². The van der Waals surface area contributed by atoms with E-state index in [1.54, 1.807) is 12.3 Å². The number of fused-ring (bicyclic) bond motifs is 1. The van der Waals surface area contributed by atoms with Crippen molar-refractivity contribution < 1.29 is 9.53 Å². The van der Waals surface area contributed by atoms with Gasteiger partial charge in [-0.05, 0) is 74.6 Å². The van der Waals surface area contributed by atoms with Crippen molar-refractivity contribution in [2.24, 2.45) is 0 Å². The third-order valence-electron chi connectivity index (χ3n) is 5.80. The number of hydrogen-bond acceptors (Lipinski definition) is 5. The van der Waals surface area contributed by atoms with E-state index in [1.807, 2.05) is 51.1 Å². The van der Waals surface area contributed by atoms with Crippen LogP contribution in [0.2, 0.25) is 0 Å². The molecular formula is C26H26N4O3. The van der Waals surface area contributed by atoms with Crippen LogP contribution in [-0.4, -0.2) is 21.3 Å². The summed E-state index contributed by atoms with van der Waals surface area (Å²) in [6.07, 6.45) is 6.79. The summed E-state index contributed by atoms with van der Waals surface area (Å²) in [4.78, 5) is 30.7. The van der Waals surface area contributed by atoms with Gasteiger partial charge in [-0.1, -0.05) is 25.0 Å². The number of ether oxygens (including phenoxy) is 1. The Kier molecular flexibility index (Phi) is 6.27. The summed E-state index contributed by atoms with van der Waals surface area (Å²) in [5, 5.41) is 12.6. The second-order valence-corrected chi connectivity index (χ2v) is 8.57. The van der Waals surface area contributed by atoms with Gasteiger partial charge in [0.2, 0.25) is 5.88 Å². The SMILES string of the molecule is Cc1cc(C)cc(Oc2nc3c(C)cccn3c(=O)c2/C=C(\C#N)C(=O)NC2CCCC2)c1. The summed E-state index contributed by atoms with van der Waals surface area (Å²) < 4.78 is 7.47. The van der Waals surface area contributed by atoms with Crippen LogP contribution in [0.25, 0.3) is 11.7 Å². The van der Waals surface area contributed by atoms with Gasteiger partial charge in [-0.25, -0.2) is 0 Å². The number of benzene rings is 1. The van der Waals surface area contributed by atoms with Gasteiger partial charge in [-0.15, -0.1) is 0 Å². The number of aromatic nitrogens is 2. The van der Waals surface area contributed by atoms with Gasteiger partial charge < -0.3 is 10.1 Å². The second kappa shape index (κ2) is 9.29. The summed E-state index contributed by atoms with van der Waals surface area (Å²) in [7, 11) is 0. The Balaban J connectivity index is 1.84. The summed E-state index contributed by atoms with van der Waals surface area (Å²) >= 11 is 0. The number of amides is 1. The van der Waals surface area contributed by atoms with Crippen molar-refractivity contribution in [3.63, 3.8) is 0 Å². The van der Waals surface area contributed by atoms with Gasteiger partial charge in [0.25, 0.3) is 11.5 Å². The fourth-order valence-electron chi connectivity index (χ4n) is 4.22. The van der Waals surface area contributed by atoms with Gasteiger partial charge in [0.1, 0.15) is 28.6 Å². The molecule has 0 atom stereocenters. The van der Waals surface area contributed by atoms with Crippen LogP contribution < -0.4 is 15.6 Å². The zero-order valence-electron chi connectivity index (χ0n) is 19.0. The van der Waals surface area contributed by atoms with Crippen LogP contribution in [0.5, 0.6) is 11.6 Å². The molecule has 1 aliphatic carbocycles. The van der Waals surface area contributed by atoms with Gasteiger partial charge in [0.15, 0.2) is 0 Å². The fraction of sp³-hybridized carbons (Fsp3) is 0.308. The first-order chi connectivity index (χ1) is 15.9. The maximum Gasteiger partial charge on any atom is 0.269 e. The van der Waals surface area contributed by atoms with E-state index in [0.29, 0.717) is 11.4 Å². The van der Waals surface area contributed by atoms with Gasteiger partial charge in [-0.2, -0.15) is 10.2 Å². The highest BCUT2D eigenvalue weighted by molar-refractivity contribution is 6.02. The Morgan fingerprint density at radius 3 is 2.58 bits per heavy atom. The Morgan fingerprint density at radius 2 is 1.91 bits per heavy atom. The third-order valence-corrected chi connectivity index (χ3v) is 5.80. The highest BCUT2D eigenvalue weighted by Crippen LogP contribution is 2.26. The summed E-state index contributed by atoms with van der Waals surface area (Å²) in [6, 6.07) is 11.3. The highest BCUT2D eigenvalue weighted by atomic mass is 16.5. The van der Waals surface area contributed by atoms with Crippen molar-refractivity contribution in [3.05, 3.63) is 74.7 Å². The topological polar surface area (TPSA) is 96.5 Å².